The summed E-state index contributed by atoms with van der Waals surface area (Å²) < 4.78 is 0. The molecule has 0 bridgehead atoms. The second-order valence-electron chi connectivity index (χ2n) is 4.52. The van der Waals surface area contributed by atoms with Crippen LogP contribution in [-0.2, 0) is 4.79 Å². The number of hydrogen-bond donors (Lipinski definition) is 2. The summed E-state index contributed by atoms with van der Waals surface area (Å²) in [5.74, 6) is 0.522. The molecule has 3 nitrogen and oxygen atoms in total. The number of carbonyl (C=O) groups excluding carboxylic acids is 1. The zero-order chi connectivity index (χ0) is 13.5. The van der Waals surface area contributed by atoms with Crippen LogP contribution in [0.15, 0.2) is 18.2 Å². The average molecular weight is 289 g/mol. The molecule has 1 aromatic carbocycles. The zero-order valence-corrected chi connectivity index (χ0v) is 12.1. The molecule has 5 heteroatoms. The molecule has 18 heavy (non-hydrogen) atoms. The predicted molar refractivity (Wildman–Crippen MR) is 77.4 cm³/mol. The minimum Gasteiger partial charge on any atom is -0.325 e. The van der Waals surface area contributed by atoms with Crippen LogP contribution in [0.4, 0.5) is 5.69 Å². The van der Waals surface area contributed by atoms with Crippen LogP contribution >= 0.6 is 23.2 Å². The summed E-state index contributed by atoms with van der Waals surface area (Å²) in [5.41, 5.74) is 0.593. The molecule has 0 radical (unpaired) electrons. The van der Waals surface area contributed by atoms with Crippen molar-refractivity contribution in [1.29, 1.82) is 0 Å². The van der Waals surface area contributed by atoms with Gasteiger partial charge in [0.05, 0.1) is 10.7 Å². The Labute approximate surface area is 118 Å². The van der Waals surface area contributed by atoms with Crippen LogP contribution < -0.4 is 10.6 Å². The normalized spacial score (nSPS) is 10.7. The van der Waals surface area contributed by atoms with Gasteiger partial charge in [0.1, 0.15) is 0 Å². The highest BCUT2D eigenvalue weighted by atomic mass is 35.5. The SMILES string of the molecule is CC(C)CNCCC(=O)Nc1ccc(Cl)cc1Cl. The van der Waals surface area contributed by atoms with Crippen LogP contribution in [0, 0.1) is 5.92 Å². The molecular formula is C13H18Cl2N2O. The van der Waals surface area contributed by atoms with E-state index in [0.29, 0.717) is 34.6 Å². The Morgan fingerprint density at radius 2 is 2.06 bits per heavy atom. The molecular weight excluding hydrogens is 271 g/mol. The van der Waals surface area contributed by atoms with E-state index < -0.39 is 0 Å². The van der Waals surface area contributed by atoms with E-state index in [1.165, 1.54) is 0 Å². The second-order valence-corrected chi connectivity index (χ2v) is 5.36. The van der Waals surface area contributed by atoms with E-state index in [1.54, 1.807) is 18.2 Å². The summed E-state index contributed by atoms with van der Waals surface area (Å²) in [6.07, 6.45) is 0.422. The molecule has 0 spiro atoms. The first-order valence-electron chi connectivity index (χ1n) is 5.94. The lowest BCUT2D eigenvalue weighted by molar-refractivity contribution is -0.116. The van der Waals surface area contributed by atoms with Gasteiger partial charge in [-0.2, -0.15) is 0 Å². The van der Waals surface area contributed by atoms with Gasteiger partial charge in [0.2, 0.25) is 5.91 Å². The molecule has 1 rings (SSSR count). The van der Waals surface area contributed by atoms with E-state index in [-0.39, 0.29) is 5.91 Å². The fourth-order valence-corrected chi connectivity index (χ4v) is 1.85. The van der Waals surface area contributed by atoms with Crippen molar-refractivity contribution in [2.45, 2.75) is 20.3 Å². The molecule has 0 aliphatic carbocycles. The largest absolute Gasteiger partial charge is 0.325 e. The van der Waals surface area contributed by atoms with E-state index >= 15 is 0 Å². The van der Waals surface area contributed by atoms with Gasteiger partial charge >= 0.3 is 0 Å². The number of benzene rings is 1. The zero-order valence-electron chi connectivity index (χ0n) is 10.6. The fourth-order valence-electron chi connectivity index (χ4n) is 1.40. The number of rotatable bonds is 6. The number of carbonyl (C=O) groups is 1. The molecule has 0 aromatic heterocycles. The lowest BCUT2D eigenvalue weighted by Crippen LogP contribution is -2.25. The average Bonchev–Trinajstić information content (AvgIpc) is 2.28. The Kier molecular flexibility index (Phi) is 6.47. The smallest absolute Gasteiger partial charge is 0.225 e. The quantitative estimate of drug-likeness (QED) is 0.786. The summed E-state index contributed by atoms with van der Waals surface area (Å²) in [7, 11) is 0. The van der Waals surface area contributed by atoms with Crippen LogP contribution in [0.5, 0.6) is 0 Å². The van der Waals surface area contributed by atoms with E-state index in [1.807, 2.05) is 0 Å². The third-order valence-corrected chi connectivity index (χ3v) is 2.83. The lowest BCUT2D eigenvalue weighted by Gasteiger charge is -2.09. The van der Waals surface area contributed by atoms with Gasteiger partial charge in [-0.3, -0.25) is 4.79 Å². The van der Waals surface area contributed by atoms with E-state index in [4.69, 9.17) is 23.2 Å². The van der Waals surface area contributed by atoms with Crippen molar-refractivity contribution in [2.24, 2.45) is 5.92 Å². The first-order chi connectivity index (χ1) is 8.49. The molecule has 1 aromatic rings. The van der Waals surface area contributed by atoms with Crippen molar-refractivity contribution in [3.8, 4) is 0 Å². The third kappa shape index (κ3) is 5.71. The standard InChI is InChI=1S/C13H18Cl2N2O/c1-9(2)8-16-6-5-13(18)17-12-4-3-10(14)7-11(12)15/h3-4,7,9,16H,5-6,8H2,1-2H3,(H,17,18). The van der Waals surface area contributed by atoms with Gasteiger partial charge in [-0.1, -0.05) is 37.0 Å². The Bertz CT molecular complexity index is 408. The van der Waals surface area contributed by atoms with Crippen molar-refractivity contribution in [3.63, 3.8) is 0 Å². The van der Waals surface area contributed by atoms with Gasteiger partial charge in [0.25, 0.3) is 0 Å². The Balaban J connectivity index is 2.35. The number of halogens is 2. The van der Waals surface area contributed by atoms with Gasteiger partial charge in [0, 0.05) is 18.0 Å². The topological polar surface area (TPSA) is 41.1 Å². The molecule has 0 saturated heterocycles. The highest BCUT2D eigenvalue weighted by Gasteiger charge is 2.06. The molecule has 2 N–H and O–H groups in total. The number of hydrogen-bond acceptors (Lipinski definition) is 2. The van der Waals surface area contributed by atoms with Crippen molar-refractivity contribution in [3.05, 3.63) is 28.2 Å². The minimum absolute atomic E-state index is 0.0597. The van der Waals surface area contributed by atoms with E-state index in [2.05, 4.69) is 24.5 Å². The summed E-state index contributed by atoms with van der Waals surface area (Å²) in [5, 5.41) is 6.97. The summed E-state index contributed by atoms with van der Waals surface area (Å²) in [6.45, 7) is 5.82. The van der Waals surface area contributed by atoms with Gasteiger partial charge in [-0.15, -0.1) is 0 Å². The molecule has 0 fully saturated rings. The number of amides is 1. The molecule has 100 valence electrons. The van der Waals surface area contributed by atoms with Crippen LogP contribution in [0.3, 0.4) is 0 Å². The molecule has 1 amide bonds. The monoisotopic (exact) mass is 288 g/mol. The molecule has 0 heterocycles. The minimum atomic E-state index is -0.0597. The molecule has 0 aliphatic rings. The van der Waals surface area contributed by atoms with E-state index in [9.17, 15) is 4.79 Å². The number of anilines is 1. The van der Waals surface area contributed by atoms with Crippen LogP contribution in [-0.4, -0.2) is 19.0 Å². The fraction of sp³-hybridized carbons (Fsp3) is 0.462. The van der Waals surface area contributed by atoms with Gasteiger partial charge in [-0.25, -0.2) is 0 Å². The van der Waals surface area contributed by atoms with Gasteiger partial charge < -0.3 is 10.6 Å². The van der Waals surface area contributed by atoms with Crippen molar-refractivity contribution in [1.82, 2.24) is 5.32 Å². The van der Waals surface area contributed by atoms with Crippen LogP contribution in [0.2, 0.25) is 10.0 Å². The van der Waals surface area contributed by atoms with Gasteiger partial charge in [-0.05, 0) is 30.7 Å². The second kappa shape index (κ2) is 7.62. The van der Waals surface area contributed by atoms with Crippen molar-refractivity contribution < 1.29 is 4.79 Å². The van der Waals surface area contributed by atoms with Gasteiger partial charge in [0.15, 0.2) is 0 Å². The van der Waals surface area contributed by atoms with Crippen molar-refractivity contribution >= 4 is 34.8 Å². The first kappa shape index (κ1) is 15.3. The Hall–Kier alpha value is -0.770. The third-order valence-electron chi connectivity index (χ3n) is 2.29. The molecule has 0 saturated carbocycles. The maximum atomic E-state index is 11.7. The summed E-state index contributed by atoms with van der Waals surface area (Å²) >= 11 is 11.7. The Morgan fingerprint density at radius 1 is 1.33 bits per heavy atom. The van der Waals surface area contributed by atoms with E-state index in [0.717, 1.165) is 6.54 Å². The molecule has 0 unspecified atom stereocenters. The van der Waals surface area contributed by atoms with Crippen LogP contribution in [0.1, 0.15) is 20.3 Å². The summed E-state index contributed by atoms with van der Waals surface area (Å²) in [4.78, 5) is 11.7. The van der Waals surface area contributed by atoms with Crippen LogP contribution in [0.25, 0.3) is 0 Å². The predicted octanol–water partition coefficient (Wildman–Crippen LogP) is 3.57. The molecule has 0 aliphatic heterocycles. The summed E-state index contributed by atoms with van der Waals surface area (Å²) in [6, 6.07) is 5.00. The van der Waals surface area contributed by atoms with Crippen molar-refractivity contribution in [2.75, 3.05) is 18.4 Å². The highest BCUT2D eigenvalue weighted by Crippen LogP contribution is 2.25. The maximum Gasteiger partial charge on any atom is 0.225 e. The lowest BCUT2D eigenvalue weighted by atomic mass is 10.2. The molecule has 0 atom stereocenters. The Morgan fingerprint density at radius 3 is 2.67 bits per heavy atom. The highest BCUT2D eigenvalue weighted by molar-refractivity contribution is 6.36. The first-order valence-corrected chi connectivity index (χ1v) is 6.70. The number of nitrogens with one attached hydrogen (secondary N) is 2. The maximum absolute atomic E-state index is 11.7.